The van der Waals surface area contributed by atoms with Gasteiger partial charge in [-0.3, -0.25) is 14.4 Å². The van der Waals surface area contributed by atoms with E-state index in [1.807, 2.05) is 18.2 Å². The molecular formula is C17H22N2O4. The van der Waals surface area contributed by atoms with Crippen LogP contribution in [0.4, 0.5) is 5.69 Å². The van der Waals surface area contributed by atoms with Gasteiger partial charge in [0.15, 0.2) is 6.10 Å². The third kappa shape index (κ3) is 4.81. The summed E-state index contributed by atoms with van der Waals surface area (Å²) in [7, 11) is 0. The molecule has 6 nitrogen and oxygen atoms in total. The minimum Gasteiger partial charge on any atom is -0.452 e. The number of nitrogens with zero attached hydrogens (tertiary/aromatic N) is 1. The van der Waals surface area contributed by atoms with Gasteiger partial charge >= 0.3 is 5.97 Å². The molecule has 0 saturated carbocycles. The van der Waals surface area contributed by atoms with Gasteiger partial charge in [0.25, 0.3) is 5.91 Å². The number of anilines is 1. The average Bonchev–Trinajstić information content (AvgIpc) is 2.55. The molecule has 1 saturated heterocycles. The molecule has 0 aromatic heterocycles. The predicted octanol–water partition coefficient (Wildman–Crippen LogP) is 1.82. The number of hydrogen-bond donors (Lipinski definition) is 1. The summed E-state index contributed by atoms with van der Waals surface area (Å²) < 4.78 is 5.27. The largest absolute Gasteiger partial charge is 0.452 e. The monoisotopic (exact) mass is 318 g/mol. The molecular weight excluding hydrogens is 296 g/mol. The van der Waals surface area contributed by atoms with Crippen LogP contribution in [0.1, 0.15) is 26.7 Å². The molecule has 23 heavy (non-hydrogen) atoms. The Hall–Kier alpha value is -2.37. The number of hydrogen-bond acceptors (Lipinski definition) is 4. The molecule has 0 radical (unpaired) electrons. The van der Waals surface area contributed by atoms with Crippen molar-refractivity contribution < 1.29 is 19.1 Å². The smallest absolute Gasteiger partial charge is 0.309 e. The lowest BCUT2D eigenvalue weighted by atomic mass is 9.97. The van der Waals surface area contributed by atoms with Crippen LogP contribution in [0.25, 0.3) is 0 Å². The molecule has 1 fully saturated rings. The van der Waals surface area contributed by atoms with Gasteiger partial charge in [0.2, 0.25) is 5.91 Å². The van der Waals surface area contributed by atoms with Crippen molar-refractivity contribution in [2.45, 2.75) is 32.8 Å². The summed E-state index contributed by atoms with van der Waals surface area (Å²) in [5.74, 6) is -0.959. The molecule has 0 aliphatic carbocycles. The summed E-state index contributed by atoms with van der Waals surface area (Å²) in [6.45, 7) is 4.19. The van der Waals surface area contributed by atoms with Crippen molar-refractivity contribution in [2.75, 3.05) is 18.4 Å². The molecule has 124 valence electrons. The fraction of sp³-hybridized carbons (Fsp3) is 0.471. The van der Waals surface area contributed by atoms with Gasteiger partial charge in [0, 0.05) is 25.7 Å². The highest BCUT2D eigenvalue weighted by Gasteiger charge is 2.29. The Kier molecular flexibility index (Phi) is 5.73. The molecule has 1 aromatic rings. The summed E-state index contributed by atoms with van der Waals surface area (Å²) in [6, 6.07) is 9.02. The Balaban J connectivity index is 1.80. The van der Waals surface area contributed by atoms with E-state index in [4.69, 9.17) is 4.74 Å². The minimum atomic E-state index is -0.853. The van der Waals surface area contributed by atoms with Crippen LogP contribution < -0.4 is 5.32 Å². The summed E-state index contributed by atoms with van der Waals surface area (Å²) in [4.78, 5) is 37.2. The molecule has 2 rings (SSSR count). The number of carbonyl (C=O) groups excluding carboxylic acids is 3. The molecule has 1 N–H and O–H groups in total. The molecule has 1 aliphatic rings. The van der Waals surface area contributed by atoms with E-state index in [9.17, 15) is 14.4 Å². The molecule has 0 bridgehead atoms. The predicted molar refractivity (Wildman–Crippen MR) is 85.6 cm³/mol. The molecule has 6 heteroatoms. The molecule has 2 amide bonds. The number of amides is 2. The SMILES string of the molecule is CC(=O)N1CCC(C(=O)OC(C)C(=O)Nc2ccccc2)CC1. The molecule has 1 unspecified atom stereocenters. The van der Waals surface area contributed by atoms with Crippen LogP contribution in [0.5, 0.6) is 0 Å². The lowest BCUT2D eigenvalue weighted by molar-refractivity contribution is -0.159. The topological polar surface area (TPSA) is 75.7 Å². The number of carbonyl (C=O) groups is 3. The summed E-state index contributed by atoms with van der Waals surface area (Å²) in [5, 5.41) is 2.70. The van der Waals surface area contributed by atoms with E-state index < -0.39 is 6.10 Å². The molecule has 1 aliphatic heterocycles. The standard InChI is InChI=1S/C17H22N2O4/c1-12(16(21)18-15-6-4-3-5-7-15)23-17(22)14-8-10-19(11-9-14)13(2)20/h3-7,12,14H,8-11H2,1-2H3,(H,18,21). The van der Waals surface area contributed by atoms with Gasteiger partial charge in [-0.2, -0.15) is 0 Å². The van der Waals surface area contributed by atoms with Gasteiger partial charge in [0.05, 0.1) is 5.92 Å². The maximum absolute atomic E-state index is 12.1. The summed E-state index contributed by atoms with van der Waals surface area (Å²) >= 11 is 0. The second-order valence-corrected chi connectivity index (χ2v) is 5.71. The maximum Gasteiger partial charge on any atom is 0.309 e. The number of para-hydroxylation sites is 1. The van der Waals surface area contributed by atoms with Crippen LogP contribution in [0.2, 0.25) is 0 Å². The molecule has 1 heterocycles. The van der Waals surface area contributed by atoms with E-state index in [0.717, 1.165) is 0 Å². The van der Waals surface area contributed by atoms with E-state index in [-0.39, 0.29) is 23.7 Å². The maximum atomic E-state index is 12.1. The van der Waals surface area contributed by atoms with Gasteiger partial charge < -0.3 is 15.0 Å². The summed E-state index contributed by atoms with van der Waals surface area (Å²) in [6.07, 6.45) is 0.296. The lowest BCUT2D eigenvalue weighted by Gasteiger charge is -2.30. The van der Waals surface area contributed by atoms with Crippen molar-refractivity contribution in [3.05, 3.63) is 30.3 Å². The number of esters is 1. The van der Waals surface area contributed by atoms with E-state index in [0.29, 0.717) is 31.6 Å². The van der Waals surface area contributed by atoms with Crippen LogP contribution in [0.3, 0.4) is 0 Å². The van der Waals surface area contributed by atoms with Crippen LogP contribution in [-0.2, 0) is 19.1 Å². The van der Waals surface area contributed by atoms with Crippen molar-refractivity contribution >= 4 is 23.5 Å². The fourth-order valence-corrected chi connectivity index (χ4v) is 2.52. The zero-order chi connectivity index (χ0) is 16.8. The van der Waals surface area contributed by atoms with Crippen molar-refractivity contribution in [1.29, 1.82) is 0 Å². The van der Waals surface area contributed by atoms with Gasteiger partial charge in [-0.1, -0.05) is 18.2 Å². The van der Waals surface area contributed by atoms with E-state index >= 15 is 0 Å². The third-order valence-corrected chi connectivity index (χ3v) is 3.98. The Morgan fingerprint density at radius 2 is 1.78 bits per heavy atom. The highest BCUT2D eigenvalue weighted by Crippen LogP contribution is 2.19. The first-order chi connectivity index (χ1) is 11.0. The average molecular weight is 318 g/mol. The Bertz CT molecular complexity index is 565. The number of benzene rings is 1. The van der Waals surface area contributed by atoms with Gasteiger partial charge in [-0.25, -0.2) is 0 Å². The van der Waals surface area contributed by atoms with Crippen molar-refractivity contribution in [1.82, 2.24) is 4.90 Å². The second-order valence-electron chi connectivity index (χ2n) is 5.71. The Morgan fingerprint density at radius 3 is 2.35 bits per heavy atom. The highest BCUT2D eigenvalue weighted by molar-refractivity contribution is 5.95. The number of ether oxygens (including phenoxy) is 1. The van der Waals surface area contributed by atoms with E-state index in [1.165, 1.54) is 6.92 Å². The van der Waals surface area contributed by atoms with Crippen LogP contribution in [-0.4, -0.2) is 41.9 Å². The van der Waals surface area contributed by atoms with E-state index in [1.54, 1.807) is 24.0 Å². The second kappa shape index (κ2) is 7.76. The molecule has 0 spiro atoms. The normalized spacial score (nSPS) is 16.5. The molecule has 1 atom stereocenters. The number of piperidine rings is 1. The van der Waals surface area contributed by atoms with Crippen LogP contribution in [0.15, 0.2) is 30.3 Å². The fourth-order valence-electron chi connectivity index (χ4n) is 2.52. The highest BCUT2D eigenvalue weighted by atomic mass is 16.5. The zero-order valence-corrected chi connectivity index (χ0v) is 13.5. The van der Waals surface area contributed by atoms with Crippen LogP contribution >= 0.6 is 0 Å². The number of likely N-dealkylation sites (tertiary alicyclic amines) is 1. The quantitative estimate of drug-likeness (QED) is 0.859. The van der Waals surface area contributed by atoms with Crippen molar-refractivity contribution in [2.24, 2.45) is 5.92 Å². The lowest BCUT2D eigenvalue weighted by Crippen LogP contribution is -2.40. The van der Waals surface area contributed by atoms with Gasteiger partial charge in [0.1, 0.15) is 0 Å². The third-order valence-electron chi connectivity index (χ3n) is 3.98. The number of nitrogens with one attached hydrogen (secondary N) is 1. The van der Waals surface area contributed by atoms with Gasteiger partial charge in [-0.15, -0.1) is 0 Å². The zero-order valence-electron chi connectivity index (χ0n) is 13.5. The first kappa shape index (κ1) is 17.0. The Labute approximate surface area is 135 Å². The minimum absolute atomic E-state index is 0.0208. The molecule has 1 aromatic carbocycles. The first-order valence-electron chi connectivity index (χ1n) is 7.79. The van der Waals surface area contributed by atoms with Crippen molar-refractivity contribution in [3.63, 3.8) is 0 Å². The first-order valence-corrected chi connectivity index (χ1v) is 7.79. The number of rotatable bonds is 4. The van der Waals surface area contributed by atoms with Gasteiger partial charge in [-0.05, 0) is 31.9 Å². The van der Waals surface area contributed by atoms with E-state index in [2.05, 4.69) is 5.32 Å². The summed E-state index contributed by atoms with van der Waals surface area (Å²) in [5.41, 5.74) is 0.662. The van der Waals surface area contributed by atoms with Crippen LogP contribution in [0, 0.1) is 5.92 Å². The Morgan fingerprint density at radius 1 is 1.17 bits per heavy atom. The van der Waals surface area contributed by atoms with Crippen molar-refractivity contribution in [3.8, 4) is 0 Å².